The quantitative estimate of drug-likeness (QED) is 0.00379. The number of non-ortho nitro benzene ring substituents is 1. The number of ketones is 8. The fraction of sp³-hybridized carbons (Fsp3) is 0.494. The van der Waals surface area contributed by atoms with E-state index in [9.17, 15) is 98.0 Å². The van der Waals surface area contributed by atoms with Crippen molar-refractivity contribution in [3.05, 3.63) is 140 Å². The monoisotopic (exact) mass is 1530 g/mol. The van der Waals surface area contributed by atoms with Crippen molar-refractivity contribution in [1.29, 1.82) is 0 Å². The van der Waals surface area contributed by atoms with Gasteiger partial charge in [0.1, 0.15) is 54.2 Å². The van der Waals surface area contributed by atoms with Gasteiger partial charge in [-0.1, -0.05) is 102 Å². The van der Waals surface area contributed by atoms with Crippen molar-refractivity contribution in [1.82, 2.24) is 16.0 Å². The first-order valence-electron chi connectivity index (χ1n) is 35.3. The molecule has 3 amide bonds. The third kappa shape index (κ3) is 24.1. The number of nitrogens with zero attached hydrogens (tertiary/aromatic N) is 1. The zero-order chi connectivity index (χ0) is 79.3. The molecule has 0 radical (unpaired) electrons. The standard InChI is InChI=1S/C50H66N4O15.C27H29NO10.ClH/c1-8-10-11-12-32(5)47(61)51-29-39(57)26-37(24-34(7)56)48(62)52-42(22-13-33(6)55)45(59)27-41(31(3)4)49(63)53-43(28-46(60)67-23-9-2)44(58)25-35-14-16-36(17-15-35)30-68-50(64)69-40-20-18-38(19-21-40)54(65)66;1-10-4-3-5-12-18(10)25(34)21-20(23(12)32)24(33)13-7-27(36,16(30)9-29)8-15(19(13)26(21)35)38-17-6-14(28)22(31)11(2)37-17;/h9,14-21,31-32,37,41-43H,2,8,10-13,22-30H2,1,3-7H3,(H,51,61)(H,52,62)(H,53,63);3-5,11,14-15,17,22,29,31,33,35-36H,6-9,28H2,1-2H3;1H/t32-,37+,41-,42-,43-;11-,14-,15-,17-,22+,27-;/m00./s1. The van der Waals surface area contributed by atoms with E-state index in [1.54, 1.807) is 71.0 Å². The molecule has 1 heterocycles. The summed E-state index contributed by atoms with van der Waals surface area (Å²) in [5.41, 5.74) is 4.17. The maximum atomic E-state index is 14.0. The Morgan fingerprint density at radius 2 is 1.44 bits per heavy atom. The lowest BCUT2D eigenvalue weighted by Crippen LogP contribution is -2.53. The summed E-state index contributed by atoms with van der Waals surface area (Å²) in [6.07, 6.45) is -3.55. The largest absolute Gasteiger partial charge is 0.514 e. The van der Waals surface area contributed by atoms with Crippen LogP contribution in [-0.4, -0.2) is 169 Å². The highest BCUT2D eigenvalue weighted by Crippen LogP contribution is 2.52. The lowest BCUT2D eigenvalue weighted by molar-refractivity contribution is -0.384. The summed E-state index contributed by atoms with van der Waals surface area (Å²) >= 11 is 0. The number of ether oxygens (including phenoxy) is 5. The summed E-state index contributed by atoms with van der Waals surface area (Å²) in [4.78, 5) is 180. The van der Waals surface area contributed by atoms with Crippen LogP contribution in [0, 0.1) is 40.7 Å². The van der Waals surface area contributed by atoms with E-state index in [-0.39, 0.29) is 116 Å². The van der Waals surface area contributed by atoms with Gasteiger partial charge in [-0.05, 0) is 75.3 Å². The molecule has 2 aliphatic carbocycles. The molecule has 10 N–H and O–H groups in total. The van der Waals surface area contributed by atoms with Crippen LogP contribution in [0.4, 0.5) is 10.5 Å². The van der Waals surface area contributed by atoms with Crippen LogP contribution >= 0.6 is 12.4 Å². The number of carbonyl (C=O) groups excluding carboxylic acids is 13. The van der Waals surface area contributed by atoms with Gasteiger partial charge in [0.2, 0.25) is 17.7 Å². The average molecular weight is 1530 g/mol. The Bertz CT molecular complexity index is 4000. The first kappa shape index (κ1) is 88.8. The van der Waals surface area contributed by atoms with E-state index in [1.165, 1.54) is 38.1 Å². The number of phenolic OH excluding ortho intramolecular Hbond substituents is 2. The Morgan fingerprint density at radius 3 is 2.05 bits per heavy atom. The second-order valence-corrected chi connectivity index (χ2v) is 27.6. The summed E-state index contributed by atoms with van der Waals surface area (Å²) in [6.45, 7) is 14.7. The number of carbonyl (C=O) groups is 13. The molecule has 586 valence electrons. The number of benzene rings is 4. The van der Waals surface area contributed by atoms with Crippen molar-refractivity contribution in [3.63, 3.8) is 0 Å². The number of amides is 3. The van der Waals surface area contributed by atoms with Gasteiger partial charge in [0.15, 0.2) is 41.0 Å². The molecule has 31 heteroatoms. The predicted octanol–water partition coefficient (Wildman–Crippen LogP) is 6.72. The Labute approximate surface area is 630 Å². The molecule has 1 fully saturated rings. The van der Waals surface area contributed by atoms with Gasteiger partial charge in [0.25, 0.3) is 5.69 Å². The number of aromatic hydroxyl groups is 2. The normalized spacial score (nSPS) is 19.0. The zero-order valence-electron chi connectivity index (χ0n) is 61.5. The van der Waals surface area contributed by atoms with Gasteiger partial charge in [-0.2, -0.15) is 0 Å². The highest BCUT2D eigenvalue weighted by atomic mass is 35.5. The molecule has 0 unspecified atom stereocenters. The number of hydrogen-bond donors (Lipinski definition) is 9. The van der Waals surface area contributed by atoms with Crippen LogP contribution in [0.3, 0.4) is 0 Å². The van der Waals surface area contributed by atoms with Crippen LogP contribution in [0.25, 0.3) is 0 Å². The summed E-state index contributed by atoms with van der Waals surface area (Å²) in [7, 11) is 0. The molecule has 0 spiro atoms. The van der Waals surface area contributed by atoms with Gasteiger partial charge >= 0.3 is 12.1 Å². The van der Waals surface area contributed by atoms with E-state index in [0.717, 1.165) is 31.4 Å². The van der Waals surface area contributed by atoms with Gasteiger partial charge in [-0.15, -0.1) is 12.4 Å². The van der Waals surface area contributed by atoms with E-state index in [2.05, 4.69) is 22.5 Å². The average Bonchev–Trinajstić information content (AvgIpc) is 0.711. The van der Waals surface area contributed by atoms with Gasteiger partial charge < -0.3 is 80.5 Å². The molecule has 3 aliphatic rings. The summed E-state index contributed by atoms with van der Waals surface area (Å²) in [6, 6.07) is 12.4. The smallest absolute Gasteiger partial charge is 0.507 e. The number of Topliss-reactive ketones (excluding diaryl/α,β-unsaturated/α-hetero) is 6. The minimum Gasteiger partial charge on any atom is -0.507 e. The number of fused-ring (bicyclic) bond motifs is 3. The van der Waals surface area contributed by atoms with E-state index in [0.29, 0.717) is 23.1 Å². The van der Waals surface area contributed by atoms with Gasteiger partial charge in [-0.25, -0.2) is 4.79 Å². The van der Waals surface area contributed by atoms with Gasteiger partial charge in [0, 0.05) is 104 Å². The molecule has 30 nitrogen and oxygen atoms in total. The van der Waals surface area contributed by atoms with Gasteiger partial charge in [-0.3, -0.25) is 58.1 Å². The van der Waals surface area contributed by atoms with Crippen LogP contribution in [0.2, 0.25) is 0 Å². The Hall–Kier alpha value is -9.82. The minimum atomic E-state index is -2.22. The summed E-state index contributed by atoms with van der Waals surface area (Å²) in [5.74, 6) is -11.8. The number of esters is 1. The lowest BCUT2D eigenvalue weighted by Gasteiger charge is -2.42. The SMILES string of the molecule is C=CCOC(=O)C[C@H](NC(=O)[C@@H](CC(=O)[C@H](CCC(C)=O)NC(=O)[C@H](CC(C)=O)CC(=O)CNC(=O)[C@@H](C)CCCCC)C(C)C)C(=O)Cc1ccc(COC(=O)Oc2ccc([N+](=O)[O-])cc2)cc1.Cc1cccc2c1C(=O)c1c(O)c3c(c(O)c1C2=O)C[C@@](O)(C(=O)CO)C[C@@H]3O[C@H]1C[C@H](N)[C@H](O)[C@H](C)O1.Cl. The van der Waals surface area contributed by atoms with Gasteiger partial charge in [0.05, 0.1) is 65.3 Å². The second kappa shape index (κ2) is 40.9. The molecular formula is C77H96ClN5O25. The highest BCUT2D eigenvalue weighted by molar-refractivity contribution is 6.31. The number of aryl methyl sites for hydroxylation is 1. The molecule has 0 aromatic heterocycles. The molecule has 1 aliphatic heterocycles. The van der Waals surface area contributed by atoms with Crippen LogP contribution in [-0.2, 0) is 86.3 Å². The van der Waals surface area contributed by atoms with Crippen molar-refractivity contribution in [2.75, 3.05) is 19.8 Å². The fourth-order valence-corrected chi connectivity index (χ4v) is 12.8. The summed E-state index contributed by atoms with van der Waals surface area (Å²) in [5, 5.41) is 72.3. The van der Waals surface area contributed by atoms with Crippen molar-refractivity contribution in [2.24, 2.45) is 29.4 Å². The third-order valence-electron chi connectivity index (χ3n) is 18.9. The number of nitro groups is 1. The summed E-state index contributed by atoms with van der Waals surface area (Å²) < 4.78 is 27.0. The Balaban J connectivity index is 0.000000447. The van der Waals surface area contributed by atoms with Crippen molar-refractivity contribution < 1.29 is 116 Å². The maximum Gasteiger partial charge on any atom is 0.514 e. The molecule has 0 saturated carbocycles. The number of nitro benzene ring substituents is 1. The fourth-order valence-electron chi connectivity index (χ4n) is 12.8. The maximum absolute atomic E-state index is 14.0. The van der Waals surface area contributed by atoms with E-state index in [1.807, 2.05) is 6.92 Å². The molecule has 7 rings (SSSR count). The number of halogens is 1. The van der Waals surface area contributed by atoms with Crippen LogP contribution in [0.5, 0.6) is 17.2 Å². The molecule has 4 aromatic rings. The highest BCUT2D eigenvalue weighted by Gasteiger charge is 2.50. The number of rotatable bonds is 37. The molecule has 108 heavy (non-hydrogen) atoms. The van der Waals surface area contributed by atoms with Crippen LogP contribution in [0.15, 0.2) is 79.4 Å². The first-order valence-corrected chi connectivity index (χ1v) is 35.3. The first-order chi connectivity index (χ1) is 50.5. The number of unbranched alkanes of at least 4 members (excludes halogenated alkanes) is 2. The van der Waals surface area contributed by atoms with Crippen LogP contribution < -0.4 is 26.4 Å². The van der Waals surface area contributed by atoms with Crippen molar-refractivity contribution in [3.8, 4) is 17.2 Å². The number of aliphatic hydroxyl groups is 3. The number of nitrogens with two attached hydrogens (primary N) is 1. The van der Waals surface area contributed by atoms with Crippen molar-refractivity contribution in [2.45, 2.75) is 200 Å². The third-order valence-corrected chi connectivity index (χ3v) is 18.9. The van der Waals surface area contributed by atoms with Crippen molar-refractivity contribution >= 4 is 94.2 Å². The topological polar surface area (TPSA) is 474 Å². The van der Waals surface area contributed by atoms with Crippen LogP contribution in [0.1, 0.15) is 191 Å². The molecule has 11 atom stereocenters. The number of nitrogens with one attached hydrogen (secondary N) is 3. The molecular weight excluding hydrogens is 1430 g/mol. The number of aliphatic hydroxyl groups excluding tert-OH is 2. The Morgan fingerprint density at radius 1 is 0.796 bits per heavy atom. The predicted molar refractivity (Wildman–Crippen MR) is 388 cm³/mol. The molecule has 4 aromatic carbocycles. The molecule has 0 bridgehead atoms. The zero-order valence-corrected chi connectivity index (χ0v) is 62.4. The minimum absolute atomic E-state index is 0. The van der Waals surface area contributed by atoms with E-state index >= 15 is 0 Å². The second-order valence-electron chi connectivity index (χ2n) is 27.6. The number of phenols is 2. The Kier molecular flexibility index (Phi) is 33.7. The lowest BCUT2D eigenvalue weighted by atomic mass is 9.71. The number of hydrogen-bond acceptors (Lipinski definition) is 26. The molecule has 1 saturated heterocycles. The van der Waals surface area contributed by atoms with E-state index < -0.39 is 197 Å². The van der Waals surface area contributed by atoms with E-state index in [4.69, 9.17) is 29.4 Å².